The molecule has 2 aromatic heterocycles. The topological polar surface area (TPSA) is 75.9 Å². The number of hydrogen-bond donors (Lipinski definition) is 1. The Labute approximate surface area is 173 Å². The summed E-state index contributed by atoms with van der Waals surface area (Å²) in [4.78, 5) is 24.1. The fourth-order valence-electron chi connectivity index (χ4n) is 4.17. The SMILES string of the molecule is Cc1cc(C)nc(-n2nc(C)c(CC(=O)NCC(C)N3CCCC(C)C3)c2C)n1. The lowest BCUT2D eigenvalue weighted by molar-refractivity contribution is -0.120. The van der Waals surface area contributed by atoms with Crippen LogP contribution in [-0.4, -0.2) is 56.2 Å². The van der Waals surface area contributed by atoms with Crippen molar-refractivity contribution in [2.24, 2.45) is 5.92 Å². The first-order valence-corrected chi connectivity index (χ1v) is 10.6. The van der Waals surface area contributed by atoms with E-state index in [1.165, 1.54) is 12.8 Å². The van der Waals surface area contributed by atoms with Crippen molar-refractivity contribution in [3.8, 4) is 5.95 Å². The molecule has 1 fully saturated rings. The standard InChI is InChI=1S/C22H34N6O/c1-14-8-7-9-27(13-14)17(4)12-23-21(29)11-20-18(5)26-28(19(20)6)22-24-15(2)10-16(3)25-22/h10,14,17H,7-9,11-13H2,1-6H3,(H,23,29). The maximum atomic E-state index is 12.6. The highest BCUT2D eigenvalue weighted by molar-refractivity contribution is 5.79. The van der Waals surface area contributed by atoms with Gasteiger partial charge in [-0.15, -0.1) is 0 Å². The summed E-state index contributed by atoms with van der Waals surface area (Å²) >= 11 is 0. The molecule has 1 aliphatic heterocycles. The van der Waals surface area contributed by atoms with Crippen LogP contribution in [0.15, 0.2) is 6.07 Å². The van der Waals surface area contributed by atoms with E-state index in [2.05, 4.69) is 39.1 Å². The van der Waals surface area contributed by atoms with Crippen LogP contribution < -0.4 is 5.32 Å². The summed E-state index contributed by atoms with van der Waals surface area (Å²) in [5.41, 5.74) is 4.52. The van der Waals surface area contributed by atoms with Crippen molar-refractivity contribution in [2.45, 2.75) is 66.8 Å². The predicted molar refractivity (Wildman–Crippen MR) is 114 cm³/mol. The van der Waals surface area contributed by atoms with E-state index in [4.69, 9.17) is 0 Å². The van der Waals surface area contributed by atoms with Crippen LogP contribution in [-0.2, 0) is 11.2 Å². The van der Waals surface area contributed by atoms with Crippen molar-refractivity contribution in [1.82, 2.24) is 30.0 Å². The molecule has 0 radical (unpaired) electrons. The zero-order chi connectivity index (χ0) is 21.1. The molecular formula is C22H34N6O. The second-order valence-electron chi connectivity index (χ2n) is 8.58. The van der Waals surface area contributed by atoms with Gasteiger partial charge in [-0.3, -0.25) is 9.69 Å². The van der Waals surface area contributed by atoms with E-state index in [0.29, 0.717) is 25.0 Å². The van der Waals surface area contributed by atoms with Crippen LogP contribution in [0, 0.1) is 33.6 Å². The number of piperidine rings is 1. The number of hydrogen-bond acceptors (Lipinski definition) is 5. The number of amides is 1. The first kappa shape index (κ1) is 21.4. The molecule has 3 heterocycles. The minimum Gasteiger partial charge on any atom is -0.354 e. The zero-order valence-electron chi connectivity index (χ0n) is 18.6. The Morgan fingerprint density at radius 1 is 1.24 bits per heavy atom. The Hall–Kier alpha value is -2.28. The van der Waals surface area contributed by atoms with Gasteiger partial charge in [0, 0.05) is 41.8 Å². The molecule has 158 valence electrons. The average Bonchev–Trinajstić information content (AvgIpc) is 2.93. The van der Waals surface area contributed by atoms with Gasteiger partial charge in [0.15, 0.2) is 0 Å². The monoisotopic (exact) mass is 398 g/mol. The van der Waals surface area contributed by atoms with E-state index >= 15 is 0 Å². The molecule has 0 bridgehead atoms. The molecule has 2 atom stereocenters. The molecule has 0 aromatic carbocycles. The van der Waals surface area contributed by atoms with Crippen LogP contribution in [0.5, 0.6) is 0 Å². The normalized spacial score (nSPS) is 18.6. The molecule has 0 aliphatic carbocycles. The van der Waals surface area contributed by atoms with Crippen LogP contribution in [0.1, 0.15) is 55.0 Å². The van der Waals surface area contributed by atoms with Crippen molar-refractivity contribution in [3.63, 3.8) is 0 Å². The van der Waals surface area contributed by atoms with Gasteiger partial charge in [-0.1, -0.05) is 6.92 Å². The smallest absolute Gasteiger partial charge is 0.251 e. The molecule has 2 aromatic rings. The lowest BCUT2D eigenvalue weighted by Crippen LogP contribution is -2.46. The third-order valence-corrected chi connectivity index (χ3v) is 5.84. The number of nitrogens with one attached hydrogen (secondary N) is 1. The number of carbonyl (C=O) groups excluding carboxylic acids is 1. The summed E-state index contributed by atoms with van der Waals surface area (Å²) in [6, 6.07) is 2.30. The van der Waals surface area contributed by atoms with Crippen molar-refractivity contribution >= 4 is 5.91 Å². The maximum absolute atomic E-state index is 12.6. The third kappa shape index (κ3) is 5.21. The molecule has 2 unspecified atom stereocenters. The molecule has 1 amide bonds. The molecule has 7 nitrogen and oxygen atoms in total. The first-order chi connectivity index (χ1) is 13.7. The molecule has 1 saturated heterocycles. The largest absolute Gasteiger partial charge is 0.354 e. The van der Waals surface area contributed by atoms with E-state index in [1.54, 1.807) is 4.68 Å². The summed E-state index contributed by atoms with van der Waals surface area (Å²) < 4.78 is 1.75. The Balaban J connectivity index is 1.64. The number of nitrogens with zero attached hydrogens (tertiary/aromatic N) is 5. The summed E-state index contributed by atoms with van der Waals surface area (Å²) in [7, 11) is 0. The highest BCUT2D eigenvalue weighted by Gasteiger charge is 2.22. The molecule has 1 N–H and O–H groups in total. The van der Waals surface area contributed by atoms with Crippen molar-refractivity contribution in [1.29, 1.82) is 0 Å². The highest BCUT2D eigenvalue weighted by atomic mass is 16.1. The molecule has 7 heteroatoms. The summed E-state index contributed by atoms with van der Waals surface area (Å²) in [6.07, 6.45) is 2.88. The van der Waals surface area contributed by atoms with E-state index in [0.717, 1.165) is 47.3 Å². The van der Waals surface area contributed by atoms with Gasteiger partial charge in [0.25, 0.3) is 5.95 Å². The quantitative estimate of drug-likeness (QED) is 0.810. The average molecular weight is 399 g/mol. The zero-order valence-corrected chi connectivity index (χ0v) is 18.6. The van der Waals surface area contributed by atoms with Gasteiger partial charge in [-0.25, -0.2) is 14.6 Å². The Morgan fingerprint density at radius 2 is 1.93 bits per heavy atom. The lowest BCUT2D eigenvalue weighted by atomic mass is 9.99. The minimum atomic E-state index is 0.0361. The van der Waals surface area contributed by atoms with Crippen molar-refractivity contribution < 1.29 is 4.79 Å². The fourth-order valence-corrected chi connectivity index (χ4v) is 4.17. The van der Waals surface area contributed by atoms with E-state index in [-0.39, 0.29) is 5.91 Å². The van der Waals surface area contributed by atoms with E-state index in [1.807, 2.05) is 33.8 Å². The molecule has 0 spiro atoms. The van der Waals surface area contributed by atoms with Crippen molar-refractivity contribution in [3.05, 3.63) is 34.4 Å². The summed E-state index contributed by atoms with van der Waals surface area (Å²) in [6.45, 7) is 15.2. The molecular weight excluding hydrogens is 364 g/mol. The van der Waals surface area contributed by atoms with Gasteiger partial charge in [0.2, 0.25) is 5.91 Å². The van der Waals surface area contributed by atoms with Crippen LogP contribution in [0.2, 0.25) is 0 Å². The van der Waals surface area contributed by atoms with Gasteiger partial charge in [-0.05, 0) is 66.0 Å². The van der Waals surface area contributed by atoms with E-state index in [9.17, 15) is 4.79 Å². The van der Waals surface area contributed by atoms with Crippen LogP contribution in [0.4, 0.5) is 0 Å². The lowest BCUT2D eigenvalue weighted by Gasteiger charge is -2.35. The number of aromatic nitrogens is 4. The minimum absolute atomic E-state index is 0.0361. The Bertz CT molecular complexity index is 854. The van der Waals surface area contributed by atoms with Gasteiger partial charge >= 0.3 is 0 Å². The van der Waals surface area contributed by atoms with E-state index < -0.39 is 0 Å². The number of carbonyl (C=O) groups is 1. The molecule has 0 saturated carbocycles. The predicted octanol–water partition coefficient (Wildman–Crippen LogP) is 2.68. The summed E-state index contributed by atoms with van der Waals surface area (Å²) in [5, 5.41) is 7.71. The fraction of sp³-hybridized carbons (Fsp3) is 0.636. The molecule has 1 aliphatic rings. The summed E-state index contributed by atoms with van der Waals surface area (Å²) in [5.74, 6) is 1.34. The van der Waals surface area contributed by atoms with Crippen LogP contribution >= 0.6 is 0 Å². The number of aryl methyl sites for hydroxylation is 3. The Kier molecular flexibility index (Phi) is 6.67. The molecule has 29 heavy (non-hydrogen) atoms. The first-order valence-electron chi connectivity index (χ1n) is 10.6. The number of likely N-dealkylation sites (tertiary alicyclic amines) is 1. The highest BCUT2D eigenvalue weighted by Crippen LogP contribution is 2.18. The van der Waals surface area contributed by atoms with Gasteiger partial charge in [0.05, 0.1) is 12.1 Å². The second-order valence-corrected chi connectivity index (χ2v) is 8.58. The van der Waals surface area contributed by atoms with Crippen LogP contribution in [0.3, 0.4) is 0 Å². The maximum Gasteiger partial charge on any atom is 0.251 e. The Morgan fingerprint density at radius 3 is 2.59 bits per heavy atom. The third-order valence-electron chi connectivity index (χ3n) is 5.84. The van der Waals surface area contributed by atoms with Gasteiger partial charge in [-0.2, -0.15) is 5.10 Å². The molecule has 3 rings (SSSR count). The van der Waals surface area contributed by atoms with Gasteiger partial charge < -0.3 is 5.32 Å². The number of rotatable bonds is 6. The van der Waals surface area contributed by atoms with Crippen LogP contribution in [0.25, 0.3) is 5.95 Å². The van der Waals surface area contributed by atoms with Crippen molar-refractivity contribution in [2.75, 3.05) is 19.6 Å². The second kappa shape index (κ2) is 9.03. The van der Waals surface area contributed by atoms with Gasteiger partial charge in [0.1, 0.15) is 0 Å².